The van der Waals surface area contributed by atoms with E-state index in [4.69, 9.17) is 9.57 Å². The maximum atomic E-state index is 11.6. The van der Waals surface area contributed by atoms with Crippen LogP contribution in [-0.4, -0.2) is 36.7 Å². The van der Waals surface area contributed by atoms with Crippen molar-refractivity contribution in [1.29, 1.82) is 0 Å². The minimum Gasteiger partial charge on any atom is -0.478 e. The molecule has 0 bridgehead atoms. The van der Waals surface area contributed by atoms with Crippen LogP contribution in [0.3, 0.4) is 0 Å². The average molecular weight is 210 g/mol. The summed E-state index contributed by atoms with van der Waals surface area (Å²) >= 11 is 0. The van der Waals surface area contributed by atoms with Gasteiger partial charge in [-0.1, -0.05) is 6.07 Å². The Kier molecular flexibility index (Phi) is 4.05. The lowest BCUT2D eigenvalue weighted by Gasteiger charge is -2.13. The first-order chi connectivity index (χ1) is 7.19. The van der Waals surface area contributed by atoms with E-state index in [1.165, 1.54) is 14.2 Å². The first-order valence-corrected chi connectivity index (χ1v) is 4.61. The molecule has 0 saturated heterocycles. The van der Waals surface area contributed by atoms with E-state index in [1.54, 1.807) is 18.2 Å². The molecule has 5 heteroatoms. The summed E-state index contributed by atoms with van der Waals surface area (Å²) in [6.07, 6.45) is 0. The van der Waals surface area contributed by atoms with Crippen LogP contribution >= 0.6 is 0 Å². The summed E-state index contributed by atoms with van der Waals surface area (Å²) < 4.78 is 5.19. The van der Waals surface area contributed by atoms with Crippen molar-refractivity contribution in [2.75, 3.05) is 20.8 Å². The third-order valence-electron chi connectivity index (χ3n) is 1.79. The molecule has 5 nitrogen and oxygen atoms in total. The van der Waals surface area contributed by atoms with Crippen LogP contribution in [0.1, 0.15) is 17.4 Å². The molecule has 0 spiro atoms. The van der Waals surface area contributed by atoms with Gasteiger partial charge in [-0.05, 0) is 13.0 Å². The van der Waals surface area contributed by atoms with Gasteiger partial charge in [0.1, 0.15) is 5.69 Å². The third kappa shape index (κ3) is 2.92. The van der Waals surface area contributed by atoms with Gasteiger partial charge in [0.2, 0.25) is 5.88 Å². The molecule has 1 rings (SSSR count). The molecule has 82 valence electrons. The highest BCUT2D eigenvalue weighted by Gasteiger charge is 2.13. The van der Waals surface area contributed by atoms with Gasteiger partial charge >= 0.3 is 0 Å². The van der Waals surface area contributed by atoms with E-state index in [0.717, 1.165) is 5.06 Å². The molecule has 0 saturated carbocycles. The van der Waals surface area contributed by atoms with Gasteiger partial charge in [0.15, 0.2) is 0 Å². The Bertz CT molecular complexity index is 341. The van der Waals surface area contributed by atoms with Crippen LogP contribution in [0.5, 0.6) is 5.88 Å². The molecule has 1 amide bonds. The second-order valence-corrected chi connectivity index (χ2v) is 2.78. The van der Waals surface area contributed by atoms with Gasteiger partial charge in [-0.15, -0.1) is 0 Å². The molecule has 1 heterocycles. The Morgan fingerprint density at radius 2 is 2.27 bits per heavy atom. The summed E-state index contributed by atoms with van der Waals surface area (Å²) in [5.74, 6) is 0.131. The fraction of sp³-hybridized carbons (Fsp3) is 0.400. The third-order valence-corrected chi connectivity index (χ3v) is 1.79. The first-order valence-electron chi connectivity index (χ1n) is 4.61. The number of aromatic nitrogens is 1. The SMILES string of the molecule is CCOc1cccc(C(=O)N(C)OC)n1. The van der Waals surface area contributed by atoms with Crippen LogP contribution in [0.2, 0.25) is 0 Å². The molecule has 0 aliphatic rings. The fourth-order valence-corrected chi connectivity index (χ4v) is 1.01. The predicted molar refractivity (Wildman–Crippen MR) is 54.5 cm³/mol. The van der Waals surface area contributed by atoms with Crippen molar-refractivity contribution >= 4 is 5.91 Å². The van der Waals surface area contributed by atoms with E-state index in [9.17, 15) is 4.79 Å². The van der Waals surface area contributed by atoms with E-state index in [0.29, 0.717) is 18.2 Å². The van der Waals surface area contributed by atoms with Crippen LogP contribution in [0, 0.1) is 0 Å². The lowest BCUT2D eigenvalue weighted by Crippen LogP contribution is -2.26. The lowest BCUT2D eigenvalue weighted by molar-refractivity contribution is -0.0760. The normalized spacial score (nSPS) is 9.80. The maximum absolute atomic E-state index is 11.6. The van der Waals surface area contributed by atoms with Crippen LogP contribution in [0.25, 0.3) is 0 Å². The zero-order valence-electron chi connectivity index (χ0n) is 9.06. The molecule has 0 unspecified atom stereocenters. The molecule has 0 aliphatic carbocycles. The monoisotopic (exact) mass is 210 g/mol. The number of hydrogen-bond acceptors (Lipinski definition) is 4. The molecule has 15 heavy (non-hydrogen) atoms. The number of pyridine rings is 1. The Labute approximate surface area is 88.6 Å². The molecule has 0 N–H and O–H groups in total. The number of hydroxylamine groups is 2. The van der Waals surface area contributed by atoms with Crippen LogP contribution in [0.4, 0.5) is 0 Å². The Morgan fingerprint density at radius 1 is 1.53 bits per heavy atom. The highest BCUT2D eigenvalue weighted by molar-refractivity contribution is 5.91. The summed E-state index contributed by atoms with van der Waals surface area (Å²) in [5.41, 5.74) is 0.297. The number of nitrogens with zero attached hydrogens (tertiary/aromatic N) is 2. The molecule has 1 aromatic heterocycles. The number of carbonyl (C=O) groups is 1. The summed E-state index contributed by atoms with van der Waals surface area (Å²) in [6, 6.07) is 5.03. The highest BCUT2D eigenvalue weighted by Crippen LogP contribution is 2.09. The summed E-state index contributed by atoms with van der Waals surface area (Å²) in [7, 11) is 2.95. The first kappa shape index (κ1) is 11.5. The average Bonchev–Trinajstić information content (AvgIpc) is 2.28. The number of hydrogen-bond donors (Lipinski definition) is 0. The van der Waals surface area contributed by atoms with Gasteiger partial charge < -0.3 is 4.74 Å². The van der Waals surface area contributed by atoms with Gasteiger partial charge in [-0.2, -0.15) is 0 Å². The minimum absolute atomic E-state index is 0.297. The zero-order valence-corrected chi connectivity index (χ0v) is 9.06. The van der Waals surface area contributed by atoms with Crippen molar-refractivity contribution in [1.82, 2.24) is 10.0 Å². The summed E-state index contributed by atoms with van der Waals surface area (Å²) in [5, 5.41) is 1.11. The molecule has 0 aromatic carbocycles. The summed E-state index contributed by atoms with van der Waals surface area (Å²) in [6.45, 7) is 2.38. The Hall–Kier alpha value is -1.62. The van der Waals surface area contributed by atoms with Crippen molar-refractivity contribution < 1.29 is 14.4 Å². The van der Waals surface area contributed by atoms with Crippen molar-refractivity contribution in [2.45, 2.75) is 6.92 Å². The largest absolute Gasteiger partial charge is 0.478 e. The highest BCUT2D eigenvalue weighted by atomic mass is 16.7. The van der Waals surface area contributed by atoms with Crippen molar-refractivity contribution in [3.63, 3.8) is 0 Å². The lowest BCUT2D eigenvalue weighted by atomic mass is 10.3. The summed E-state index contributed by atoms with van der Waals surface area (Å²) in [4.78, 5) is 20.4. The quantitative estimate of drug-likeness (QED) is 0.699. The molecule has 0 atom stereocenters. The molecule has 1 aromatic rings. The van der Waals surface area contributed by atoms with Crippen LogP contribution in [-0.2, 0) is 4.84 Å². The van der Waals surface area contributed by atoms with E-state index < -0.39 is 0 Å². The smallest absolute Gasteiger partial charge is 0.295 e. The zero-order chi connectivity index (χ0) is 11.3. The molecular weight excluding hydrogens is 196 g/mol. The van der Waals surface area contributed by atoms with Gasteiger partial charge in [-0.25, -0.2) is 10.0 Å². The minimum atomic E-state index is -0.306. The van der Waals surface area contributed by atoms with Crippen molar-refractivity contribution in [2.24, 2.45) is 0 Å². The second-order valence-electron chi connectivity index (χ2n) is 2.78. The van der Waals surface area contributed by atoms with E-state index in [-0.39, 0.29) is 5.91 Å². The standard InChI is InChI=1S/C10H14N2O3/c1-4-15-9-7-5-6-8(11-9)10(13)12(2)14-3/h5-7H,4H2,1-3H3. The molecule has 0 radical (unpaired) electrons. The maximum Gasteiger partial charge on any atom is 0.295 e. The number of amides is 1. The van der Waals surface area contributed by atoms with E-state index >= 15 is 0 Å². The van der Waals surface area contributed by atoms with E-state index in [1.807, 2.05) is 6.92 Å². The number of carbonyl (C=O) groups excluding carboxylic acids is 1. The van der Waals surface area contributed by atoms with Crippen molar-refractivity contribution in [3.05, 3.63) is 23.9 Å². The molecule has 0 aliphatic heterocycles. The van der Waals surface area contributed by atoms with Crippen molar-refractivity contribution in [3.8, 4) is 5.88 Å². The topological polar surface area (TPSA) is 51.7 Å². The Balaban J connectivity index is 2.85. The van der Waals surface area contributed by atoms with Gasteiger partial charge in [0.25, 0.3) is 5.91 Å². The number of ether oxygens (including phenoxy) is 1. The van der Waals surface area contributed by atoms with Gasteiger partial charge in [-0.3, -0.25) is 9.63 Å². The molecule has 0 fully saturated rings. The Morgan fingerprint density at radius 3 is 2.87 bits per heavy atom. The van der Waals surface area contributed by atoms with Crippen LogP contribution < -0.4 is 4.74 Å². The van der Waals surface area contributed by atoms with Gasteiger partial charge in [0.05, 0.1) is 13.7 Å². The molecular formula is C10H14N2O3. The number of rotatable bonds is 4. The van der Waals surface area contributed by atoms with E-state index in [2.05, 4.69) is 4.98 Å². The fourth-order valence-electron chi connectivity index (χ4n) is 1.01. The van der Waals surface area contributed by atoms with Crippen LogP contribution in [0.15, 0.2) is 18.2 Å². The second kappa shape index (κ2) is 5.31. The predicted octanol–water partition coefficient (Wildman–Crippen LogP) is 1.11. The van der Waals surface area contributed by atoms with Gasteiger partial charge in [0, 0.05) is 13.1 Å².